The van der Waals surface area contributed by atoms with E-state index in [1.807, 2.05) is 19.9 Å². The molecule has 2 amide bonds. The Hall–Kier alpha value is -5.84. The molecule has 2 heterocycles. The van der Waals surface area contributed by atoms with Gasteiger partial charge in [0.25, 0.3) is 11.8 Å². The summed E-state index contributed by atoms with van der Waals surface area (Å²) in [6, 6.07) is 18.1. The number of ether oxygens (including phenoxy) is 2. The number of carbonyl (C=O) groups excluding carboxylic acids is 2. The van der Waals surface area contributed by atoms with Gasteiger partial charge in [-0.25, -0.2) is 8.78 Å². The van der Waals surface area contributed by atoms with Gasteiger partial charge in [-0.05, 0) is 87.0 Å². The van der Waals surface area contributed by atoms with Crippen LogP contribution in [-0.4, -0.2) is 44.2 Å². The zero-order valence-corrected chi connectivity index (χ0v) is 27.0. The third-order valence-corrected chi connectivity index (χ3v) is 7.48. The number of fused-ring (bicyclic) bond motifs is 2. The van der Waals surface area contributed by atoms with Crippen LogP contribution in [0.3, 0.4) is 0 Å². The van der Waals surface area contributed by atoms with E-state index in [1.54, 1.807) is 32.2 Å². The molecule has 0 radical (unpaired) electrons. The first-order chi connectivity index (χ1) is 23.1. The van der Waals surface area contributed by atoms with E-state index >= 15 is 0 Å². The summed E-state index contributed by atoms with van der Waals surface area (Å²) in [7, 11) is 3.07. The lowest BCUT2D eigenvalue weighted by atomic mass is 10.0. The maximum atomic E-state index is 13.2. The molecular formula is C37H34F2N2O7. The number of rotatable bonds is 8. The molecule has 3 N–H and O–H groups in total. The van der Waals surface area contributed by atoms with Gasteiger partial charge >= 0.3 is 0 Å². The van der Waals surface area contributed by atoms with E-state index in [-0.39, 0.29) is 40.5 Å². The van der Waals surface area contributed by atoms with Gasteiger partial charge in [-0.2, -0.15) is 0 Å². The predicted octanol–water partition coefficient (Wildman–Crippen LogP) is 8.01. The van der Waals surface area contributed by atoms with E-state index in [0.29, 0.717) is 69.1 Å². The number of benzene rings is 4. The second kappa shape index (κ2) is 14.3. The molecule has 0 bridgehead atoms. The second-order valence-electron chi connectivity index (χ2n) is 10.6. The van der Waals surface area contributed by atoms with Crippen molar-refractivity contribution in [3.05, 3.63) is 101 Å². The molecule has 0 unspecified atom stereocenters. The Bertz CT molecular complexity index is 1950. The third-order valence-electron chi connectivity index (χ3n) is 7.48. The van der Waals surface area contributed by atoms with Crippen molar-refractivity contribution in [1.29, 1.82) is 0 Å². The summed E-state index contributed by atoms with van der Waals surface area (Å²) in [6.45, 7) is 6.55. The van der Waals surface area contributed by atoms with Gasteiger partial charge in [0, 0.05) is 48.1 Å². The Morgan fingerprint density at radius 1 is 0.688 bits per heavy atom. The second-order valence-corrected chi connectivity index (χ2v) is 10.6. The van der Waals surface area contributed by atoms with Crippen LogP contribution in [0.4, 0.5) is 8.78 Å². The highest BCUT2D eigenvalue weighted by molar-refractivity contribution is 6.12. The number of carbonyl (C=O) groups is 2. The van der Waals surface area contributed by atoms with Crippen molar-refractivity contribution in [3.8, 4) is 39.9 Å². The first kappa shape index (κ1) is 33.5. The van der Waals surface area contributed by atoms with Gasteiger partial charge in [0.15, 0.2) is 11.5 Å². The topological polar surface area (TPSA) is 123 Å². The largest absolute Gasteiger partial charge is 0.504 e. The maximum Gasteiger partial charge on any atom is 0.255 e. The standard InChI is InChI=1S/C19H18FNO3.C18H16FNO4/c1-4-23-15-10-16-14(9-11(15)2)17(19(22)21-3)18(24-16)12-5-7-13(20)8-6-12;1-3-23-15-9-14-12(8-13(15)21)16(18(22)20-2)17(24-14)10-4-6-11(19)7-5-10/h5-10H,4H2,1-3H3,(H,21,22);4-9,21H,3H2,1-2H3,(H,20,22). The van der Waals surface area contributed by atoms with Crippen LogP contribution in [0.15, 0.2) is 81.6 Å². The Morgan fingerprint density at radius 2 is 1.10 bits per heavy atom. The third kappa shape index (κ3) is 6.66. The summed E-state index contributed by atoms with van der Waals surface area (Å²) < 4.78 is 49.0. The lowest BCUT2D eigenvalue weighted by Gasteiger charge is -2.06. The summed E-state index contributed by atoms with van der Waals surface area (Å²) in [6.07, 6.45) is 0. The van der Waals surface area contributed by atoms with E-state index in [0.717, 1.165) is 5.56 Å². The molecule has 4 aromatic carbocycles. The van der Waals surface area contributed by atoms with Gasteiger partial charge in [0.2, 0.25) is 0 Å². The molecule has 0 saturated heterocycles. The summed E-state index contributed by atoms with van der Waals surface area (Å²) >= 11 is 0. The minimum Gasteiger partial charge on any atom is -0.504 e. The summed E-state index contributed by atoms with van der Waals surface area (Å²) in [5.41, 5.74) is 3.78. The van der Waals surface area contributed by atoms with Crippen molar-refractivity contribution in [1.82, 2.24) is 10.6 Å². The van der Waals surface area contributed by atoms with E-state index in [1.165, 1.54) is 55.6 Å². The fourth-order valence-corrected chi connectivity index (χ4v) is 5.24. The molecule has 9 nitrogen and oxygen atoms in total. The number of hydrogen-bond acceptors (Lipinski definition) is 7. The quantitative estimate of drug-likeness (QED) is 0.152. The Balaban J connectivity index is 0.000000188. The molecule has 2 aromatic heterocycles. The van der Waals surface area contributed by atoms with Gasteiger partial charge in [-0.3, -0.25) is 9.59 Å². The molecule has 0 aliphatic carbocycles. The van der Waals surface area contributed by atoms with Gasteiger partial charge in [-0.15, -0.1) is 0 Å². The first-order valence-electron chi connectivity index (χ1n) is 15.2. The molecular weight excluding hydrogens is 622 g/mol. The molecule has 6 aromatic rings. The zero-order valence-electron chi connectivity index (χ0n) is 27.0. The fourth-order valence-electron chi connectivity index (χ4n) is 5.24. The lowest BCUT2D eigenvalue weighted by Crippen LogP contribution is -2.18. The van der Waals surface area contributed by atoms with Crippen LogP contribution >= 0.6 is 0 Å². The van der Waals surface area contributed by atoms with Crippen molar-refractivity contribution in [2.75, 3.05) is 27.3 Å². The zero-order chi connectivity index (χ0) is 34.5. The molecule has 0 aliphatic rings. The monoisotopic (exact) mass is 656 g/mol. The number of aryl methyl sites for hydroxylation is 1. The molecule has 0 fully saturated rings. The normalized spacial score (nSPS) is 10.8. The van der Waals surface area contributed by atoms with Crippen molar-refractivity contribution >= 4 is 33.8 Å². The van der Waals surface area contributed by atoms with Crippen molar-refractivity contribution in [2.24, 2.45) is 0 Å². The number of amides is 2. The molecule has 0 saturated carbocycles. The summed E-state index contributed by atoms with van der Waals surface area (Å²) in [4.78, 5) is 24.7. The number of halogens is 2. The van der Waals surface area contributed by atoms with Crippen LogP contribution in [0.1, 0.15) is 40.1 Å². The Morgan fingerprint density at radius 3 is 1.54 bits per heavy atom. The van der Waals surface area contributed by atoms with Crippen molar-refractivity contribution in [3.63, 3.8) is 0 Å². The molecule has 11 heteroatoms. The number of nitrogens with one attached hydrogen (secondary N) is 2. The van der Waals surface area contributed by atoms with E-state index < -0.39 is 0 Å². The van der Waals surface area contributed by atoms with Crippen LogP contribution in [-0.2, 0) is 0 Å². The number of phenols is 1. The average Bonchev–Trinajstić information content (AvgIpc) is 3.63. The lowest BCUT2D eigenvalue weighted by molar-refractivity contribution is 0.0956. The van der Waals surface area contributed by atoms with Crippen LogP contribution in [0, 0.1) is 18.6 Å². The Labute approximate surface area is 275 Å². The van der Waals surface area contributed by atoms with Crippen LogP contribution in [0.2, 0.25) is 0 Å². The van der Waals surface area contributed by atoms with E-state index in [4.69, 9.17) is 18.3 Å². The minimum atomic E-state index is -0.382. The van der Waals surface area contributed by atoms with Gasteiger partial charge < -0.3 is 34.0 Å². The van der Waals surface area contributed by atoms with Gasteiger partial charge in [0.1, 0.15) is 40.1 Å². The van der Waals surface area contributed by atoms with Crippen molar-refractivity contribution < 1.29 is 41.8 Å². The van der Waals surface area contributed by atoms with Crippen molar-refractivity contribution in [2.45, 2.75) is 20.8 Å². The van der Waals surface area contributed by atoms with E-state index in [9.17, 15) is 23.5 Å². The summed E-state index contributed by atoms with van der Waals surface area (Å²) in [5.74, 6) is 0.281. The maximum absolute atomic E-state index is 13.2. The molecule has 48 heavy (non-hydrogen) atoms. The SMILES string of the molecule is CCOc1cc2oc(-c3ccc(F)cc3)c(C(=O)NC)c2cc1C.CCOc1cc2oc(-c3ccc(F)cc3)c(C(=O)NC)c2cc1O. The minimum absolute atomic E-state index is 0.0824. The smallest absolute Gasteiger partial charge is 0.255 e. The molecule has 6 rings (SSSR count). The number of hydrogen-bond donors (Lipinski definition) is 3. The number of aromatic hydroxyl groups is 1. The number of phenolic OH excluding ortho intramolecular Hbond substituents is 1. The molecule has 0 atom stereocenters. The average molecular weight is 657 g/mol. The highest BCUT2D eigenvalue weighted by Crippen LogP contribution is 2.40. The molecule has 0 spiro atoms. The molecule has 0 aliphatic heterocycles. The van der Waals surface area contributed by atoms with E-state index in [2.05, 4.69) is 10.6 Å². The van der Waals surface area contributed by atoms with Crippen LogP contribution < -0.4 is 20.1 Å². The van der Waals surface area contributed by atoms with Gasteiger partial charge in [0.05, 0.1) is 24.3 Å². The van der Waals surface area contributed by atoms with Crippen LogP contribution in [0.25, 0.3) is 44.6 Å². The Kier molecular flexibility index (Phi) is 9.98. The van der Waals surface area contributed by atoms with Crippen LogP contribution in [0.5, 0.6) is 17.2 Å². The highest BCUT2D eigenvalue weighted by Gasteiger charge is 2.24. The highest BCUT2D eigenvalue weighted by atomic mass is 19.1. The first-order valence-corrected chi connectivity index (χ1v) is 15.2. The molecule has 248 valence electrons. The summed E-state index contributed by atoms with van der Waals surface area (Å²) in [5, 5.41) is 16.4. The van der Waals surface area contributed by atoms with Gasteiger partial charge in [-0.1, -0.05) is 0 Å². The number of furan rings is 2. The fraction of sp³-hybridized carbons (Fsp3) is 0.189. The predicted molar refractivity (Wildman–Crippen MR) is 179 cm³/mol.